The van der Waals surface area contributed by atoms with Gasteiger partial charge in [0.15, 0.2) is 0 Å². The third kappa shape index (κ3) is 4.36. The average Bonchev–Trinajstić information content (AvgIpc) is 3.29. The minimum atomic E-state index is -0.279. The number of allylic oxidation sites excluding steroid dienone is 1. The molecule has 39 heavy (non-hydrogen) atoms. The highest BCUT2D eigenvalue weighted by Gasteiger charge is 2.25. The molecule has 2 N–H and O–H groups in total. The molecule has 0 aliphatic carbocycles. The van der Waals surface area contributed by atoms with Gasteiger partial charge in [0, 0.05) is 42.3 Å². The van der Waals surface area contributed by atoms with E-state index in [0.29, 0.717) is 56.7 Å². The number of nitrogens with zero attached hydrogens (tertiary/aromatic N) is 7. The van der Waals surface area contributed by atoms with Gasteiger partial charge in [0.1, 0.15) is 16.6 Å². The summed E-state index contributed by atoms with van der Waals surface area (Å²) in [4.78, 5) is 43.5. The van der Waals surface area contributed by atoms with Gasteiger partial charge in [0.05, 0.1) is 23.4 Å². The van der Waals surface area contributed by atoms with Crippen LogP contribution < -0.4 is 21.6 Å². The van der Waals surface area contributed by atoms with E-state index in [1.54, 1.807) is 24.4 Å². The van der Waals surface area contributed by atoms with Gasteiger partial charge in [-0.2, -0.15) is 5.10 Å². The normalized spacial score (nSPS) is 16.2. The number of benzene rings is 1. The zero-order valence-corrected chi connectivity index (χ0v) is 22.0. The first-order valence-corrected chi connectivity index (χ1v) is 13.3. The van der Waals surface area contributed by atoms with E-state index < -0.39 is 0 Å². The molecular weight excluding hydrogens is 492 g/mol. The maximum atomic E-state index is 14.0. The lowest BCUT2D eigenvalue weighted by Crippen LogP contribution is -2.43. The van der Waals surface area contributed by atoms with E-state index in [-0.39, 0.29) is 23.6 Å². The number of rotatable bonds is 5. The van der Waals surface area contributed by atoms with Gasteiger partial charge in [0.25, 0.3) is 5.56 Å². The largest absolute Gasteiger partial charge is 0.340 e. The van der Waals surface area contributed by atoms with E-state index in [2.05, 4.69) is 15.0 Å². The zero-order valence-electron chi connectivity index (χ0n) is 22.0. The van der Waals surface area contributed by atoms with Gasteiger partial charge in [0.2, 0.25) is 11.4 Å². The summed E-state index contributed by atoms with van der Waals surface area (Å²) in [6.07, 6.45) is 8.26. The Hall–Kier alpha value is -4.44. The van der Waals surface area contributed by atoms with E-state index in [9.17, 15) is 9.59 Å². The number of imidazole rings is 1. The minimum absolute atomic E-state index is 0.0615. The maximum absolute atomic E-state index is 14.0. The quantitative estimate of drug-likeness (QED) is 0.373. The van der Waals surface area contributed by atoms with Gasteiger partial charge in [-0.25, -0.2) is 14.6 Å². The first-order valence-electron chi connectivity index (χ1n) is 13.3. The molecular formula is C29H30N8O2. The van der Waals surface area contributed by atoms with Crippen LogP contribution in [0.4, 0.5) is 5.95 Å². The fraction of sp³-hybridized carbons (Fsp3) is 0.310. The number of anilines is 1. The van der Waals surface area contributed by atoms with Crippen LogP contribution in [0, 0.1) is 6.92 Å². The lowest BCUT2D eigenvalue weighted by atomic mass is 10.1. The number of pyridine rings is 1. The van der Waals surface area contributed by atoms with Crippen LogP contribution in [0.3, 0.4) is 0 Å². The SMILES string of the molecule is CCC=Cn1c(N2CCCC(N)C2)nc2c(C)nn(Cc3nc4cccnc4c(=O)c4ccccc34)c(=O)c21. The lowest BCUT2D eigenvalue weighted by Gasteiger charge is -2.31. The first-order chi connectivity index (χ1) is 19.0. The van der Waals surface area contributed by atoms with Gasteiger partial charge in [-0.15, -0.1) is 0 Å². The van der Waals surface area contributed by atoms with E-state index in [1.165, 1.54) is 4.68 Å². The van der Waals surface area contributed by atoms with Crippen molar-refractivity contribution in [3.63, 3.8) is 0 Å². The van der Waals surface area contributed by atoms with Crippen LogP contribution in [0.25, 0.3) is 39.0 Å². The Morgan fingerprint density at radius 1 is 1.08 bits per heavy atom. The molecule has 5 aromatic rings. The fourth-order valence-corrected chi connectivity index (χ4v) is 5.34. The number of hydrogen-bond acceptors (Lipinski definition) is 8. The Morgan fingerprint density at radius 2 is 1.90 bits per heavy atom. The van der Waals surface area contributed by atoms with E-state index in [4.69, 9.17) is 15.7 Å². The summed E-state index contributed by atoms with van der Waals surface area (Å²) in [6.45, 7) is 5.50. The summed E-state index contributed by atoms with van der Waals surface area (Å²) in [6, 6.07) is 10.9. The molecule has 1 saturated heterocycles. The number of aryl methyl sites for hydroxylation is 1. The number of fused-ring (bicyclic) bond motifs is 3. The molecule has 1 fully saturated rings. The van der Waals surface area contributed by atoms with Crippen molar-refractivity contribution in [1.29, 1.82) is 0 Å². The smallest absolute Gasteiger partial charge is 0.293 e. The van der Waals surface area contributed by atoms with Crippen molar-refractivity contribution in [2.45, 2.75) is 45.7 Å². The molecule has 1 atom stereocenters. The second-order valence-corrected chi connectivity index (χ2v) is 9.97. The van der Waals surface area contributed by atoms with Crippen molar-refractivity contribution in [2.75, 3.05) is 18.0 Å². The molecule has 0 bridgehead atoms. The first kappa shape index (κ1) is 24.9. The second kappa shape index (κ2) is 10.0. The Balaban J connectivity index is 1.57. The highest BCUT2D eigenvalue weighted by molar-refractivity contribution is 5.91. The number of aromatic nitrogens is 6. The third-order valence-electron chi connectivity index (χ3n) is 7.21. The lowest BCUT2D eigenvalue weighted by molar-refractivity contribution is 0.499. The summed E-state index contributed by atoms with van der Waals surface area (Å²) < 4.78 is 3.29. The Labute approximate surface area is 224 Å². The monoisotopic (exact) mass is 522 g/mol. The predicted molar refractivity (Wildman–Crippen MR) is 154 cm³/mol. The summed E-state index contributed by atoms with van der Waals surface area (Å²) >= 11 is 0. The molecule has 10 heteroatoms. The standard InChI is InChI=1S/C29H30N8O2/c1-3-4-15-36-26-24(33-29(36)35-14-8-9-19(30)16-35)18(2)34-37(28(26)39)17-23-20-10-5-6-11-21(20)27(38)25-22(32-23)12-7-13-31-25/h4-7,10-13,15,19H,3,8-9,14,16-17,30H2,1-2H3. The molecule has 0 amide bonds. The van der Waals surface area contributed by atoms with Crippen LogP contribution >= 0.6 is 0 Å². The van der Waals surface area contributed by atoms with Crippen LogP contribution in [0.2, 0.25) is 0 Å². The third-order valence-corrected chi connectivity index (χ3v) is 7.21. The molecule has 198 valence electrons. The molecule has 1 aromatic carbocycles. The summed E-state index contributed by atoms with van der Waals surface area (Å²) in [5.41, 5.74) is 8.79. The summed E-state index contributed by atoms with van der Waals surface area (Å²) in [5, 5.41) is 5.81. The van der Waals surface area contributed by atoms with Gasteiger partial charge in [-0.05, 0) is 38.3 Å². The average molecular weight is 523 g/mol. The van der Waals surface area contributed by atoms with Gasteiger partial charge in [-0.3, -0.25) is 19.1 Å². The fourth-order valence-electron chi connectivity index (χ4n) is 5.34. The highest BCUT2D eigenvalue weighted by Crippen LogP contribution is 2.25. The molecule has 0 radical (unpaired) electrons. The number of hydrogen-bond donors (Lipinski definition) is 1. The van der Waals surface area contributed by atoms with Crippen molar-refractivity contribution in [1.82, 2.24) is 29.3 Å². The molecule has 1 unspecified atom stereocenters. The second-order valence-electron chi connectivity index (χ2n) is 9.97. The number of nitrogens with two attached hydrogens (primary N) is 1. The molecule has 5 heterocycles. The van der Waals surface area contributed by atoms with E-state index in [1.807, 2.05) is 48.9 Å². The zero-order chi connectivity index (χ0) is 27.1. The summed E-state index contributed by atoms with van der Waals surface area (Å²) in [5.74, 6) is 0.701. The van der Waals surface area contributed by atoms with Gasteiger partial charge in [-0.1, -0.05) is 37.3 Å². The van der Waals surface area contributed by atoms with Crippen molar-refractivity contribution >= 4 is 45.0 Å². The van der Waals surface area contributed by atoms with Crippen molar-refractivity contribution in [3.8, 4) is 0 Å². The van der Waals surface area contributed by atoms with Crippen LogP contribution in [0.15, 0.2) is 58.3 Å². The molecule has 6 rings (SSSR count). The van der Waals surface area contributed by atoms with E-state index >= 15 is 0 Å². The predicted octanol–water partition coefficient (Wildman–Crippen LogP) is 3.21. The van der Waals surface area contributed by atoms with Crippen molar-refractivity contribution < 1.29 is 0 Å². The molecule has 1 aliphatic heterocycles. The van der Waals surface area contributed by atoms with Crippen LogP contribution in [0.1, 0.15) is 37.6 Å². The highest BCUT2D eigenvalue weighted by atomic mass is 16.1. The summed E-state index contributed by atoms with van der Waals surface area (Å²) in [7, 11) is 0. The molecule has 4 aromatic heterocycles. The Morgan fingerprint density at radius 3 is 2.69 bits per heavy atom. The van der Waals surface area contributed by atoms with Crippen molar-refractivity contribution in [3.05, 3.63) is 80.6 Å². The van der Waals surface area contributed by atoms with Crippen LogP contribution in [0.5, 0.6) is 0 Å². The van der Waals surface area contributed by atoms with Crippen molar-refractivity contribution in [2.24, 2.45) is 5.73 Å². The molecule has 10 nitrogen and oxygen atoms in total. The molecule has 0 saturated carbocycles. The minimum Gasteiger partial charge on any atom is -0.340 e. The van der Waals surface area contributed by atoms with Gasteiger partial charge >= 0.3 is 0 Å². The van der Waals surface area contributed by atoms with Gasteiger partial charge < -0.3 is 10.6 Å². The van der Waals surface area contributed by atoms with E-state index in [0.717, 1.165) is 25.8 Å². The number of piperidine rings is 1. The maximum Gasteiger partial charge on any atom is 0.293 e. The van der Waals surface area contributed by atoms with Crippen LogP contribution in [-0.2, 0) is 6.54 Å². The Kier molecular flexibility index (Phi) is 6.40. The molecule has 1 aliphatic rings. The molecule has 0 spiro atoms. The Bertz CT molecular complexity index is 1870. The van der Waals surface area contributed by atoms with Crippen LogP contribution in [-0.4, -0.2) is 48.4 Å². The topological polar surface area (TPSA) is 125 Å².